The number of rotatable bonds is 10. The molecule has 1 aromatic carbocycles. The molecule has 34 heavy (non-hydrogen) atoms. The molecule has 0 atom stereocenters. The summed E-state index contributed by atoms with van der Waals surface area (Å²) in [5.41, 5.74) is 0.262. The highest BCUT2D eigenvalue weighted by atomic mass is 35.5. The largest absolute Gasteiger partial charge is 0.462 e. The molecule has 0 saturated carbocycles. The number of aromatic amines is 2. The molecule has 182 valence electrons. The SMILES string of the molecule is C#CCN(CCN(Cl)C(C)C)S(=O)(=O)c1ccc2[nH]c(=O)c3[nH]cc(C(=O)OCCC)c3c2c1. The van der Waals surface area contributed by atoms with Crippen LogP contribution in [-0.4, -0.2) is 65.4 Å². The van der Waals surface area contributed by atoms with E-state index in [9.17, 15) is 18.0 Å². The van der Waals surface area contributed by atoms with Gasteiger partial charge in [-0.1, -0.05) is 12.8 Å². The maximum absolute atomic E-state index is 13.4. The highest BCUT2D eigenvalue weighted by Gasteiger charge is 2.26. The number of hydrogen-bond donors (Lipinski definition) is 2. The van der Waals surface area contributed by atoms with Gasteiger partial charge in [-0.25, -0.2) is 17.6 Å². The van der Waals surface area contributed by atoms with Gasteiger partial charge in [0.15, 0.2) is 0 Å². The molecular weight excluding hydrogens is 480 g/mol. The van der Waals surface area contributed by atoms with Gasteiger partial charge in [0.25, 0.3) is 5.56 Å². The van der Waals surface area contributed by atoms with E-state index in [-0.39, 0.29) is 48.3 Å². The minimum atomic E-state index is -4.00. The quantitative estimate of drug-likeness (QED) is 0.248. The number of aromatic nitrogens is 2. The fraction of sp³-hybridized carbons (Fsp3) is 0.391. The van der Waals surface area contributed by atoms with Gasteiger partial charge in [0, 0.05) is 41.6 Å². The van der Waals surface area contributed by atoms with Crippen LogP contribution in [0.15, 0.2) is 34.1 Å². The van der Waals surface area contributed by atoms with E-state index in [0.29, 0.717) is 22.7 Å². The summed E-state index contributed by atoms with van der Waals surface area (Å²) in [6.45, 7) is 6.10. The lowest BCUT2D eigenvalue weighted by Gasteiger charge is -2.24. The Labute approximate surface area is 203 Å². The normalized spacial score (nSPS) is 12.2. The number of fused-ring (bicyclic) bond motifs is 3. The molecule has 0 fully saturated rings. The summed E-state index contributed by atoms with van der Waals surface area (Å²) in [5.74, 6) is 1.78. The zero-order chi connectivity index (χ0) is 25.0. The highest BCUT2D eigenvalue weighted by Crippen LogP contribution is 2.28. The first-order valence-corrected chi connectivity index (χ1v) is 12.6. The molecule has 3 rings (SSSR count). The van der Waals surface area contributed by atoms with Crippen molar-refractivity contribution in [2.24, 2.45) is 0 Å². The number of carbonyl (C=O) groups excluding carboxylic acids is 1. The van der Waals surface area contributed by atoms with Gasteiger partial charge < -0.3 is 14.7 Å². The van der Waals surface area contributed by atoms with Crippen molar-refractivity contribution < 1.29 is 17.9 Å². The smallest absolute Gasteiger partial charge is 0.340 e. The van der Waals surface area contributed by atoms with Gasteiger partial charge in [0.1, 0.15) is 5.52 Å². The van der Waals surface area contributed by atoms with Crippen molar-refractivity contribution in [3.8, 4) is 12.3 Å². The number of ether oxygens (including phenoxy) is 1. The number of esters is 1. The van der Waals surface area contributed by atoms with Crippen LogP contribution in [0.4, 0.5) is 0 Å². The number of terminal acetylenes is 1. The van der Waals surface area contributed by atoms with Gasteiger partial charge in [0.05, 0.1) is 23.6 Å². The van der Waals surface area contributed by atoms with Crippen LogP contribution in [0.1, 0.15) is 37.6 Å². The average Bonchev–Trinajstić information content (AvgIpc) is 3.26. The first-order valence-electron chi connectivity index (χ1n) is 10.8. The summed E-state index contributed by atoms with van der Waals surface area (Å²) in [5, 5.41) is 0.689. The minimum absolute atomic E-state index is 0.0160. The lowest BCUT2D eigenvalue weighted by atomic mass is 10.1. The maximum Gasteiger partial charge on any atom is 0.340 e. The molecule has 0 amide bonds. The van der Waals surface area contributed by atoms with E-state index in [0.717, 1.165) is 0 Å². The Morgan fingerprint density at radius 3 is 2.68 bits per heavy atom. The number of sulfonamides is 1. The number of pyridine rings is 1. The van der Waals surface area contributed by atoms with Crippen LogP contribution in [0.3, 0.4) is 0 Å². The molecule has 0 radical (unpaired) electrons. The third kappa shape index (κ3) is 5.13. The molecule has 0 saturated heterocycles. The highest BCUT2D eigenvalue weighted by molar-refractivity contribution is 7.89. The van der Waals surface area contributed by atoms with E-state index >= 15 is 0 Å². The second-order valence-electron chi connectivity index (χ2n) is 8.01. The third-order valence-corrected chi connectivity index (χ3v) is 7.70. The summed E-state index contributed by atoms with van der Waals surface area (Å²) in [6, 6.07) is 4.33. The molecular formula is C23H27ClN4O5S. The monoisotopic (exact) mass is 506 g/mol. The van der Waals surface area contributed by atoms with Crippen LogP contribution in [0.25, 0.3) is 21.8 Å². The van der Waals surface area contributed by atoms with Gasteiger partial charge in [-0.05, 0) is 50.2 Å². The van der Waals surface area contributed by atoms with E-state index in [1.54, 1.807) is 0 Å². The second kappa shape index (κ2) is 10.6. The fourth-order valence-corrected chi connectivity index (χ4v) is 4.95. The molecule has 3 aromatic rings. The minimum Gasteiger partial charge on any atom is -0.462 e. The Morgan fingerprint density at radius 2 is 2.03 bits per heavy atom. The Morgan fingerprint density at radius 1 is 1.29 bits per heavy atom. The Bertz CT molecular complexity index is 1400. The predicted molar refractivity (Wildman–Crippen MR) is 132 cm³/mol. The van der Waals surface area contributed by atoms with Crippen LogP contribution in [0.5, 0.6) is 0 Å². The summed E-state index contributed by atoms with van der Waals surface area (Å²) in [4.78, 5) is 30.6. The molecule has 2 aromatic heterocycles. The van der Waals surface area contributed by atoms with Gasteiger partial charge in [-0.2, -0.15) is 4.31 Å². The zero-order valence-corrected chi connectivity index (χ0v) is 20.8. The Hall–Kier alpha value is -2.84. The summed E-state index contributed by atoms with van der Waals surface area (Å²) >= 11 is 6.16. The number of hydrogen-bond acceptors (Lipinski definition) is 6. The number of carbonyl (C=O) groups is 1. The van der Waals surface area contributed by atoms with Crippen molar-refractivity contribution in [3.63, 3.8) is 0 Å². The van der Waals surface area contributed by atoms with E-state index in [2.05, 4.69) is 15.9 Å². The van der Waals surface area contributed by atoms with Gasteiger partial charge in [0.2, 0.25) is 10.0 Å². The Kier molecular flexibility index (Phi) is 8.05. The average molecular weight is 507 g/mol. The van der Waals surface area contributed by atoms with Crippen molar-refractivity contribution in [1.29, 1.82) is 0 Å². The summed E-state index contributed by atoms with van der Waals surface area (Å²) in [6.07, 6.45) is 7.46. The van der Waals surface area contributed by atoms with Crippen LogP contribution >= 0.6 is 11.8 Å². The van der Waals surface area contributed by atoms with E-state index in [1.165, 1.54) is 33.1 Å². The molecule has 0 aliphatic heterocycles. The maximum atomic E-state index is 13.4. The van der Waals surface area contributed by atoms with Crippen LogP contribution in [-0.2, 0) is 14.8 Å². The standard InChI is InChI=1S/C23H27ClN4O5S/c1-5-9-27(10-11-28(24)15(3)4)34(31,32)16-7-8-19-17(13-16)20-18(23(30)33-12-6-2)14-25-21(20)22(29)26-19/h1,7-8,13-15,25H,6,9-12H2,2-4H3,(H,26,29). The van der Waals surface area contributed by atoms with Crippen LogP contribution in [0, 0.1) is 12.3 Å². The first kappa shape index (κ1) is 25.8. The lowest BCUT2D eigenvalue weighted by Crippen LogP contribution is -2.38. The second-order valence-corrected chi connectivity index (χ2v) is 10.4. The van der Waals surface area contributed by atoms with Gasteiger partial charge in [-0.15, -0.1) is 6.42 Å². The number of halogens is 1. The number of H-pyrrole nitrogens is 2. The van der Waals surface area contributed by atoms with Crippen molar-refractivity contribution >= 4 is 49.6 Å². The fourth-order valence-electron chi connectivity index (χ4n) is 3.50. The zero-order valence-electron chi connectivity index (χ0n) is 19.2. The van der Waals surface area contributed by atoms with E-state index in [1.807, 2.05) is 20.8 Å². The van der Waals surface area contributed by atoms with E-state index in [4.69, 9.17) is 22.9 Å². The van der Waals surface area contributed by atoms with E-state index < -0.39 is 21.6 Å². The van der Waals surface area contributed by atoms with Crippen molar-refractivity contribution in [1.82, 2.24) is 18.7 Å². The van der Waals surface area contributed by atoms with Gasteiger partial charge >= 0.3 is 5.97 Å². The molecule has 0 aliphatic carbocycles. The predicted octanol–water partition coefficient (Wildman–Crippen LogP) is 3.06. The summed E-state index contributed by atoms with van der Waals surface area (Å²) < 4.78 is 34.8. The number of nitrogens with one attached hydrogen (secondary N) is 2. The molecule has 0 unspecified atom stereocenters. The van der Waals surface area contributed by atoms with Crippen molar-refractivity contribution in [2.45, 2.75) is 38.1 Å². The van der Waals surface area contributed by atoms with Gasteiger partial charge in [-0.3, -0.25) is 4.79 Å². The molecule has 0 aliphatic rings. The molecule has 0 bridgehead atoms. The first-order chi connectivity index (χ1) is 16.1. The molecule has 2 heterocycles. The molecule has 9 nitrogen and oxygen atoms in total. The van der Waals surface area contributed by atoms with Crippen molar-refractivity contribution in [3.05, 3.63) is 40.3 Å². The lowest BCUT2D eigenvalue weighted by molar-refractivity contribution is 0.0507. The molecule has 0 spiro atoms. The molecule has 2 N–H and O–H groups in total. The van der Waals surface area contributed by atoms with Crippen molar-refractivity contribution in [2.75, 3.05) is 26.2 Å². The number of benzene rings is 1. The van der Waals surface area contributed by atoms with Crippen LogP contribution in [0.2, 0.25) is 0 Å². The summed E-state index contributed by atoms with van der Waals surface area (Å²) in [7, 11) is -4.00. The van der Waals surface area contributed by atoms with Crippen LogP contribution < -0.4 is 5.56 Å². The topological polar surface area (TPSA) is 116 Å². The Balaban J connectivity index is 2.12. The molecule has 11 heteroatoms. The third-order valence-electron chi connectivity index (χ3n) is 5.30. The number of nitrogens with zero attached hydrogens (tertiary/aromatic N) is 2.